The van der Waals surface area contributed by atoms with Gasteiger partial charge in [0.1, 0.15) is 0 Å². The molecule has 0 saturated heterocycles. The molecule has 0 spiro atoms. The van der Waals surface area contributed by atoms with Crippen LogP contribution in [-0.4, -0.2) is 11.2 Å². The van der Waals surface area contributed by atoms with Crippen molar-refractivity contribution in [3.05, 3.63) is 60.7 Å². The van der Waals surface area contributed by atoms with Crippen LogP contribution in [0.1, 0.15) is 18.4 Å². The third kappa shape index (κ3) is 4.13. The van der Waals surface area contributed by atoms with E-state index in [1.165, 1.54) is 5.56 Å². The monoisotopic (exact) mass is 202 g/mol. The Morgan fingerprint density at radius 1 is 1.33 bits per heavy atom. The molecule has 0 aromatic heterocycles. The Balaban J connectivity index is 2.28. The number of aryl methyl sites for hydroxylation is 1. The van der Waals surface area contributed by atoms with Crippen LogP contribution in [0.15, 0.2) is 55.1 Å². The maximum absolute atomic E-state index is 9.62. The van der Waals surface area contributed by atoms with E-state index in [1.54, 1.807) is 6.08 Å². The maximum atomic E-state index is 9.62. The van der Waals surface area contributed by atoms with Gasteiger partial charge >= 0.3 is 0 Å². The maximum Gasteiger partial charge on any atom is 0.0784 e. The van der Waals surface area contributed by atoms with Crippen molar-refractivity contribution in [3.63, 3.8) is 0 Å². The van der Waals surface area contributed by atoms with Crippen molar-refractivity contribution in [1.82, 2.24) is 0 Å². The van der Waals surface area contributed by atoms with Gasteiger partial charge in [0.2, 0.25) is 0 Å². The van der Waals surface area contributed by atoms with Gasteiger partial charge in [-0.25, -0.2) is 0 Å². The zero-order valence-corrected chi connectivity index (χ0v) is 9.02. The first-order chi connectivity index (χ1) is 7.24. The molecule has 0 fully saturated rings. The molecule has 0 radical (unpaired) electrons. The van der Waals surface area contributed by atoms with Crippen LogP contribution in [0.3, 0.4) is 0 Å². The summed E-state index contributed by atoms with van der Waals surface area (Å²) in [5.41, 5.74) is 2.02. The highest BCUT2D eigenvalue weighted by Gasteiger charge is 2.04. The number of aliphatic hydroxyl groups excluding tert-OH is 1. The summed E-state index contributed by atoms with van der Waals surface area (Å²) in [7, 11) is 0. The zero-order chi connectivity index (χ0) is 11.1. The van der Waals surface area contributed by atoms with Gasteiger partial charge in [-0.15, -0.1) is 0 Å². The summed E-state index contributed by atoms with van der Waals surface area (Å²) < 4.78 is 0. The van der Waals surface area contributed by atoms with Crippen molar-refractivity contribution < 1.29 is 5.11 Å². The lowest BCUT2D eigenvalue weighted by molar-refractivity contribution is 0.201. The van der Waals surface area contributed by atoms with E-state index in [1.807, 2.05) is 18.2 Å². The summed E-state index contributed by atoms with van der Waals surface area (Å²) in [5, 5.41) is 9.62. The Bertz CT molecular complexity index is 313. The zero-order valence-electron chi connectivity index (χ0n) is 9.02. The number of rotatable bonds is 6. The van der Waals surface area contributed by atoms with Crippen LogP contribution >= 0.6 is 0 Å². The third-order valence-electron chi connectivity index (χ3n) is 2.48. The Kier molecular flexibility index (Phi) is 4.85. The smallest absolute Gasteiger partial charge is 0.0784 e. The van der Waals surface area contributed by atoms with E-state index in [-0.39, 0.29) is 0 Å². The quantitative estimate of drug-likeness (QED) is 0.703. The highest BCUT2D eigenvalue weighted by molar-refractivity contribution is 5.17. The second-order valence-electron chi connectivity index (χ2n) is 3.67. The molecule has 0 aliphatic rings. The van der Waals surface area contributed by atoms with Gasteiger partial charge in [-0.2, -0.15) is 0 Å². The van der Waals surface area contributed by atoms with Gasteiger partial charge in [-0.3, -0.25) is 0 Å². The van der Waals surface area contributed by atoms with Crippen LogP contribution in [0.4, 0.5) is 0 Å². The standard InChI is InChI=1S/C14H18O/c1-3-12(2)14(15)11-7-10-13-8-5-4-6-9-13/h3-6,8-9,14-15H,1-2,7,10-11H2/t14-/m1/s1. The summed E-state index contributed by atoms with van der Waals surface area (Å²) in [6.07, 6.45) is 3.90. The molecule has 1 aromatic rings. The minimum atomic E-state index is -0.439. The Morgan fingerprint density at radius 3 is 2.60 bits per heavy atom. The van der Waals surface area contributed by atoms with Gasteiger partial charge < -0.3 is 5.11 Å². The minimum Gasteiger partial charge on any atom is -0.388 e. The van der Waals surface area contributed by atoms with E-state index >= 15 is 0 Å². The molecular weight excluding hydrogens is 184 g/mol. The lowest BCUT2D eigenvalue weighted by Gasteiger charge is -2.09. The summed E-state index contributed by atoms with van der Waals surface area (Å²) in [4.78, 5) is 0. The first kappa shape index (κ1) is 11.7. The van der Waals surface area contributed by atoms with Crippen molar-refractivity contribution in [2.45, 2.75) is 25.4 Å². The largest absolute Gasteiger partial charge is 0.388 e. The fourth-order valence-electron chi connectivity index (χ4n) is 1.47. The lowest BCUT2D eigenvalue weighted by atomic mass is 10.0. The molecule has 0 saturated carbocycles. The van der Waals surface area contributed by atoms with Crippen LogP contribution in [0.2, 0.25) is 0 Å². The fourth-order valence-corrected chi connectivity index (χ4v) is 1.47. The van der Waals surface area contributed by atoms with E-state index in [9.17, 15) is 5.11 Å². The van der Waals surface area contributed by atoms with Crippen LogP contribution < -0.4 is 0 Å². The van der Waals surface area contributed by atoms with Crippen molar-refractivity contribution >= 4 is 0 Å². The van der Waals surface area contributed by atoms with Crippen molar-refractivity contribution in [1.29, 1.82) is 0 Å². The SMILES string of the molecule is C=CC(=C)[C@H](O)CCCc1ccccc1. The van der Waals surface area contributed by atoms with Crippen molar-refractivity contribution in [2.75, 3.05) is 0 Å². The summed E-state index contributed by atoms with van der Waals surface area (Å²) in [6, 6.07) is 10.3. The molecule has 0 unspecified atom stereocenters. The van der Waals surface area contributed by atoms with Gasteiger partial charge in [0.05, 0.1) is 6.10 Å². The summed E-state index contributed by atoms with van der Waals surface area (Å²) >= 11 is 0. The second-order valence-corrected chi connectivity index (χ2v) is 3.67. The molecule has 0 aliphatic carbocycles. The van der Waals surface area contributed by atoms with Gasteiger partial charge in [0, 0.05) is 0 Å². The van der Waals surface area contributed by atoms with E-state index in [0.29, 0.717) is 5.57 Å². The molecule has 1 rings (SSSR count). The number of hydrogen-bond acceptors (Lipinski definition) is 1. The van der Waals surface area contributed by atoms with Gasteiger partial charge in [-0.1, -0.05) is 49.6 Å². The molecular formula is C14H18O. The van der Waals surface area contributed by atoms with E-state index < -0.39 is 6.10 Å². The average molecular weight is 202 g/mol. The first-order valence-electron chi connectivity index (χ1n) is 5.27. The fraction of sp³-hybridized carbons (Fsp3) is 0.286. The Morgan fingerprint density at radius 2 is 2.00 bits per heavy atom. The predicted octanol–water partition coefficient (Wildman–Crippen LogP) is 3.11. The van der Waals surface area contributed by atoms with E-state index in [2.05, 4.69) is 25.3 Å². The normalized spacial score (nSPS) is 12.1. The molecule has 0 bridgehead atoms. The third-order valence-corrected chi connectivity index (χ3v) is 2.48. The number of benzene rings is 1. The second kappa shape index (κ2) is 6.20. The van der Waals surface area contributed by atoms with Gasteiger partial charge in [0.15, 0.2) is 0 Å². The van der Waals surface area contributed by atoms with E-state index in [0.717, 1.165) is 19.3 Å². The van der Waals surface area contributed by atoms with Crippen LogP contribution in [0.25, 0.3) is 0 Å². The molecule has 0 heterocycles. The minimum absolute atomic E-state index is 0.439. The predicted molar refractivity (Wildman–Crippen MR) is 64.7 cm³/mol. The highest BCUT2D eigenvalue weighted by atomic mass is 16.3. The Labute approximate surface area is 91.8 Å². The first-order valence-corrected chi connectivity index (χ1v) is 5.27. The van der Waals surface area contributed by atoms with Gasteiger partial charge in [-0.05, 0) is 30.4 Å². The van der Waals surface area contributed by atoms with Crippen molar-refractivity contribution in [2.24, 2.45) is 0 Å². The molecule has 1 atom stereocenters. The number of hydrogen-bond donors (Lipinski definition) is 1. The summed E-state index contributed by atoms with van der Waals surface area (Å²) in [6.45, 7) is 7.32. The van der Waals surface area contributed by atoms with Gasteiger partial charge in [0.25, 0.3) is 0 Å². The molecule has 0 aliphatic heterocycles. The molecule has 1 heteroatoms. The van der Waals surface area contributed by atoms with Crippen LogP contribution in [0, 0.1) is 0 Å². The average Bonchev–Trinajstić information content (AvgIpc) is 2.29. The molecule has 1 aromatic carbocycles. The lowest BCUT2D eigenvalue weighted by Crippen LogP contribution is -2.07. The molecule has 1 N–H and O–H groups in total. The topological polar surface area (TPSA) is 20.2 Å². The van der Waals surface area contributed by atoms with Crippen molar-refractivity contribution in [3.8, 4) is 0 Å². The highest BCUT2D eigenvalue weighted by Crippen LogP contribution is 2.11. The molecule has 1 nitrogen and oxygen atoms in total. The molecule has 15 heavy (non-hydrogen) atoms. The Hall–Kier alpha value is -1.34. The van der Waals surface area contributed by atoms with Crippen LogP contribution in [0.5, 0.6) is 0 Å². The summed E-state index contributed by atoms with van der Waals surface area (Å²) in [5.74, 6) is 0. The molecule has 0 amide bonds. The van der Waals surface area contributed by atoms with E-state index in [4.69, 9.17) is 0 Å². The number of aliphatic hydroxyl groups is 1. The molecule has 80 valence electrons. The van der Waals surface area contributed by atoms with Crippen LogP contribution in [-0.2, 0) is 6.42 Å².